The molecule has 0 saturated heterocycles. The average Bonchev–Trinajstić information content (AvgIpc) is 2.22. The summed E-state index contributed by atoms with van der Waals surface area (Å²) in [6.07, 6.45) is 1.72. The number of hydrogen-bond donors (Lipinski definition) is 2. The fourth-order valence-electron chi connectivity index (χ4n) is 1.49. The number of guanidine groups is 1. The van der Waals surface area contributed by atoms with Crippen LogP contribution in [0.1, 0.15) is 16.7 Å². The molecule has 0 radical (unpaired) electrons. The van der Waals surface area contributed by atoms with Crippen LogP contribution in [0.4, 0.5) is 0 Å². The Morgan fingerprint density at radius 1 is 1.53 bits per heavy atom. The van der Waals surface area contributed by atoms with Gasteiger partial charge in [0.25, 0.3) is 0 Å². The lowest BCUT2D eigenvalue weighted by Crippen LogP contribution is -2.37. The number of amides is 1. The van der Waals surface area contributed by atoms with Crippen LogP contribution in [0.15, 0.2) is 23.2 Å². The van der Waals surface area contributed by atoms with Gasteiger partial charge in [-0.05, 0) is 25.0 Å². The average molecular weight is 230 g/mol. The van der Waals surface area contributed by atoms with Crippen LogP contribution in [0.2, 0.25) is 0 Å². The van der Waals surface area contributed by atoms with Crippen LogP contribution in [-0.4, -0.2) is 11.9 Å². The summed E-state index contributed by atoms with van der Waals surface area (Å²) in [5, 5.41) is 10.6. The summed E-state index contributed by atoms with van der Waals surface area (Å²) in [6, 6.07) is 5.86. The molecule has 0 aromatic heterocycles. The number of nitrogens with zero attached hydrogens (tertiary/aromatic N) is 2. The second kappa shape index (κ2) is 5.66. The number of nitriles is 1. The molecule has 1 rings (SSSR count). The molecule has 5 heteroatoms. The van der Waals surface area contributed by atoms with Gasteiger partial charge in [0.2, 0.25) is 18.1 Å². The minimum Gasteiger partial charge on any atom is -0.369 e. The van der Waals surface area contributed by atoms with Gasteiger partial charge in [-0.15, -0.1) is 4.99 Å². The maximum absolute atomic E-state index is 11.6. The van der Waals surface area contributed by atoms with Crippen LogP contribution in [-0.2, 0) is 11.2 Å². The number of nitrogens with one attached hydrogen (secondary N) is 1. The molecule has 5 nitrogen and oxygen atoms in total. The van der Waals surface area contributed by atoms with Crippen molar-refractivity contribution < 1.29 is 4.79 Å². The first-order valence-corrected chi connectivity index (χ1v) is 5.11. The zero-order valence-electron chi connectivity index (χ0n) is 9.82. The fourth-order valence-corrected chi connectivity index (χ4v) is 1.49. The number of carbonyl (C=O) groups excluding carboxylic acids is 1. The molecule has 0 spiro atoms. The number of aryl methyl sites for hydroxylation is 2. The molecule has 0 aliphatic carbocycles. The Balaban J connectivity index is 2.69. The van der Waals surface area contributed by atoms with E-state index < -0.39 is 0 Å². The van der Waals surface area contributed by atoms with Gasteiger partial charge in [-0.2, -0.15) is 5.26 Å². The van der Waals surface area contributed by atoms with E-state index in [9.17, 15) is 4.79 Å². The number of aliphatic imine (C=N–C) groups is 1. The quantitative estimate of drug-likeness (QED) is 0.446. The minimum atomic E-state index is -0.284. The molecular formula is C12H14N4O. The molecule has 0 heterocycles. The van der Waals surface area contributed by atoms with Crippen molar-refractivity contribution in [2.24, 2.45) is 10.7 Å². The molecule has 0 aliphatic heterocycles. The Morgan fingerprint density at radius 2 is 2.24 bits per heavy atom. The molecule has 1 aromatic carbocycles. The van der Waals surface area contributed by atoms with Crippen molar-refractivity contribution in [2.45, 2.75) is 20.3 Å². The zero-order chi connectivity index (χ0) is 12.8. The first-order valence-electron chi connectivity index (χ1n) is 5.11. The van der Waals surface area contributed by atoms with Crippen molar-refractivity contribution in [3.05, 3.63) is 34.9 Å². The van der Waals surface area contributed by atoms with Crippen molar-refractivity contribution in [1.29, 1.82) is 5.26 Å². The van der Waals surface area contributed by atoms with Crippen molar-refractivity contribution in [1.82, 2.24) is 5.32 Å². The highest BCUT2D eigenvalue weighted by atomic mass is 16.1. The molecule has 0 unspecified atom stereocenters. The molecule has 0 saturated carbocycles. The van der Waals surface area contributed by atoms with E-state index in [1.807, 2.05) is 32.0 Å². The van der Waals surface area contributed by atoms with Crippen LogP contribution < -0.4 is 11.1 Å². The monoisotopic (exact) mass is 230 g/mol. The highest BCUT2D eigenvalue weighted by molar-refractivity contribution is 5.97. The van der Waals surface area contributed by atoms with E-state index in [-0.39, 0.29) is 18.3 Å². The van der Waals surface area contributed by atoms with Gasteiger partial charge in [-0.3, -0.25) is 10.1 Å². The van der Waals surface area contributed by atoms with Gasteiger partial charge < -0.3 is 5.73 Å². The maximum atomic E-state index is 11.6. The maximum Gasteiger partial charge on any atom is 0.231 e. The molecule has 1 aromatic rings. The van der Waals surface area contributed by atoms with Gasteiger partial charge in [0, 0.05) is 0 Å². The first-order chi connectivity index (χ1) is 8.02. The molecule has 0 aliphatic rings. The van der Waals surface area contributed by atoms with Gasteiger partial charge in [0.1, 0.15) is 0 Å². The van der Waals surface area contributed by atoms with Gasteiger partial charge >= 0.3 is 0 Å². The normalized spacial score (nSPS) is 10.8. The Morgan fingerprint density at radius 3 is 2.82 bits per heavy atom. The van der Waals surface area contributed by atoms with E-state index >= 15 is 0 Å². The zero-order valence-corrected chi connectivity index (χ0v) is 9.82. The van der Waals surface area contributed by atoms with Crippen LogP contribution >= 0.6 is 0 Å². The lowest BCUT2D eigenvalue weighted by atomic mass is 10.0. The Kier molecular flexibility index (Phi) is 4.23. The molecular weight excluding hydrogens is 216 g/mol. The van der Waals surface area contributed by atoms with Gasteiger partial charge in [-0.1, -0.05) is 23.8 Å². The van der Waals surface area contributed by atoms with E-state index in [0.717, 1.165) is 16.7 Å². The molecule has 17 heavy (non-hydrogen) atoms. The van der Waals surface area contributed by atoms with E-state index in [1.165, 1.54) is 6.19 Å². The summed E-state index contributed by atoms with van der Waals surface area (Å²) < 4.78 is 0. The summed E-state index contributed by atoms with van der Waals surface area (Å²) in [4.78, 5) is 14.8. The summed E-state index contributed by atoms with van der Waals surface area (Å²) in [5.74, 6) is -0.462. The summed E-state index contributed by atoms with van der Waals surface area (Å²) in [5.41, 5.74) is 8.43. The van der Waals surface area contributed by atoms with Gasteiger partial charge in [0.05, 0.1) is 6.42 Å². The smallest absolute Gasteiger partial charge is 0.231 e. The van der Waals surface area contributed by atoms with E-state index in [0.29, 0.717) is 0 Å². The molecule has 1 amide bonds. The predicted octanol–water partition coefficient (Wildman–Crippen LogP) is 0.758. The van der Waals surface area contributed by atoms with Crippen LogP contribution in [0.5, 0.6) is 0 Å². The number of nitrogens with two attached hydrogens (primary N) is 1. The lowest BCUT2D eigenvalue weighted by Gasteiger charge is -2.07. The molecule has 3 N–H and O–H groups in total. The largest absolute Gasteiger partial charge is 0.369 e. The highest BCUT2D eigenvalue weighted by Gasteiger charge is 2.07. The summed E-state index contributed by atoms with van der Waals surface area (Å²) in [7, 11) is 0. The third-order valence-electron chi connectivity index (χ3n) is 2.29. The van der Waals surface area contributed by atoms with Crippen LogP contribution in [0.25, 0.3) is 0 Å². The topological polar surface area (TPSA) is 91.3 Å². The summed E-state index contributed by atoms with van der Waals surface area (Å²) in [6.45, 7) is 3.94. The first kappa shape index (κ1) is 12.7. The van der Waals surface area contributed by atoms with Crippen molar-refractivity contribution in [3.63, 3.8) is 0 Å². The van der Waals surface area contributed by atoms with Crippen molar-refractivity contribution in [3.8, 4) is 6.19 Å². The Labute approximate surface area is 100.0 Å². The number of hydrogen-bond acceptors (Lipinski definition) is 3. The van der Waals surface area contributed by atoms with Crippen molar-refractivity contribution in [2.75, 3.05) is 0 Å². The molecule has 0 fully saturated rings. The second-order valence-corrected chi connectivity index (χ2v) is 3.75. The standard InChI is InChI=1S/C12H14N4O/c1-8-3-4-10(9(2)5-8)6-11(17)16-12(14)15-7-13/h3-5H,6H2,1-2H3,(H3,14,15,16,17). The second-order valence-electron chi connectivity index (χ2n) is 3.75. The van der Waals surface area contributed by atoms with E-state index in [2.05, 4.69) is 10.3 Å². The van der Waals surface area contributed by atoms with Gasteiger partial charge in [-0.25, -0.2) is 0 Å². The molecule has 0 atom stereocenters. The Bertz CT molecular complexity index is 500. The third-order valence-corrected chi connectivity index (χ3v) is 2.29. The third kappa shape index (κ3) is 3.95. The predicted molar refractivity (Wildman–Crippen MR) is 65.0 cm³/mol. The van der Waals surface area contributed by atoms with Crippen molar-refractivity contribution >= 4 is 11.9 Å². The van der Waals surface area contributed by atoms with Crippen LogP contribution in [0.3, 0.4) is 0 Å². The summed E-state index contributed by atoms with van der Waals surface area (Å²) >= 11 is 0. The van der Waals surface area contributed by atoms with E-state index in [4.69, 9.17) is 11.0 Å². The number of benzene rings is 1. The fraction of sp³-hybridized carbons (Fsp3) is 0.250. The minimum absolute atomic E-state index is 0.178. The van der Waals surface area contributed by atoms with Gasteiger partial charge in [0.15, 0.2) is 0 Å². The van der Waals surface area contributed by atoms with Crippen LogP contribution in [0, 0.1) is 25.3 Å². The van der Waals surface area contributed by atoms with E-state index in [1.54, 1.807) is 0 Å². The Hall–Kier alpha value is -2.35. The molecule has 0 bridgehead atoms. The number of carbonyl (C=O) groups is 1. The SMILES string of the molecule is Cc1ccc(CC(=O)NC(N)=NC#N)c(C)c1. The number of rotatable bonds is 2. The lowest BCUT2D eigenvalue weighted by molar-refractivity contribution is -0.119. The molecule has 88 valence electrons. The highest BCUT2D eigenvalue weighted by Crippen LogP contribution is 2.10.